The first kappa shape index (κ1) is 46.7. The molecule has 0 saturated carbocycles. The number of para-hydroxylation sites is 3. The van der Waals surface area contributed by atoms with Crippen LogP contribution in [0.25, 0.3) is 0 Å². The Hall–Kier alpha value is -3.02. The predicted molar refractivity (Wildman–Crippen MR) is 238 cm³/mol. The molecular weight excluding hydrogens is 750 g/mol. The van der Waals surface area contributed by atoms with Gasteiger partial charge in [0.05, 0.1) is 39.6 Å². The largest absolute Gasteiger partial charge is 0.463 e. The van der Waals surface area contributed by atoms with Gasteiger partial charge in [-0.25, -0.2) is 0 Å². The van der Waals surface area contributed by atoms with Crippen LogP contribution >= 0.6 is 17.0 Å². The molecule has 5 unspecified atom stereocenters. The van der Waals surface area contributed by atoms with Gasteiger partial charge in [0.2, 0.25) is 8.38 Å². The smallest absolute Gasteiger partial charge is 0.447 e. The van der Waals surface area contributed by atoms with Crippen molar-refractivity contribution in [2.75, 3.05) is 45.8 Å². The Labute approximate surface area is 347 Å². The van der Waals surface area contributed by atoms with Gasteiger partial charge in [-0.1, -0.05) is 134 Å². The van der Waals surface area contributed by atoms with Crippen molar-refractivity contribution in [2.45, 2.75) is 111 Å². The molecule has 312 valence electrons. The van der Waals surface area contributed by atoms with Gasteiger partial charge in [0.1, 0.15) is 17.2 Å². The number of benzene rings is 4. The van der Waals surface area contributed by atoms with Gasteiger partial charge in [-0.2, -0.15) is 0 Å². The quantitative estimate of drug-likeness (QED) is 0.0418. The maximum absolute atomic E-state index is 6.66. The first-order valence-corrected chi connectivity index (χ1v) is 23.6. The normalized spacial score (nSPS) is 14.7. The molecule has 4 rings (SSSR count). The van der Waals surface area contributed by atoms with E-state index in [2.05, 4.69) is 122 Å². The maximum atomic E-state index is 6.66. The van der Waals surface area contributed by atoms with Crippen LogP contribution in [-0.4, -0.2) is 45.8 Å². The molecule has 0 aliphatic rings. The lowest BCUT2D eigenvalue weighted by molar-refractivity contribution is 0.0268. The number of hydrogen-bond acceptors (Lipinski definition) is 7. The maximum Gasteiger partial charge on any atom is 0.463 e. The van der Waals surface area contributed by atoms with E-state index >= 15 is 0 Å². The summed E-state index contributed by atoms with van der Waals surface area (Å²) in [5.74, 6) is 4.12. The van der Waals surface area contributed by atoms with Gasteiger partial charge in [0.25, 0.3) is 0 Å². The average molecular weight is 819 g/mol. The highest BCUT2D eigenvalue weighted by atomic mass is 31.2. The Bertz CT molecular complexity index is 1650. The van der Waals surface area contributed by atoms with E-state index in [1.165, 1.54) is 16.7 Å². The molecule has 0 radical (unpaired) electrons. The molecule has 7 nitrogen and oxygen atoms in total. The van der Waals surface area contributed by atoms with E-state index in [4.69, 9.17) is 32.1 Å². The second kappa shape index (κ2) is 26.2. The van der Waals surface area contributed by atoms with Crippen molar-refractivity contribution in [3.63, 3.8) is 0 Å². The minimum absolute atomic E-state index is 0.325. The SMILES string of the molecule is CCC(C)c1ccccc1CCP(OCCOCCOCCOP(Oc1ccccc1C(C)CC)Oc1ccccc1C(C)CC)Oc1ccccc1C(C)CC. The van der Waals surface area contributed by atoms with E-state index in [1.807, 2.05) is 30.3 Å². The van der Waals surface area contributed by atoms with Crippen molar-refractivity contribution in [3.8, 4) is 17.2 Å². The minimum Gasteiger partial charge on any atom is -0.447 e. The molecule has 0 amide bonds. The van der Waals surface area contributed by atoms with Gasteiger partial charge in [0.15, 0.2) is 0 Å². The first-order valence-electron chi connectivity index (χ1n) is 21.2. The fourth-order valence-corrected chi connectivity index (χ4v) is 8.80. The van der Waals surface area contributed by atoms with Gasteiger partial charge in [-0.05, 0) is 102 Å². The van der Waals surface area contributed by atoms with Crippen LogP contribution < -0.4 is 13.6 Å². The average Bonchev–Trinajstić information content (AvgIpc) is 3.25. The van der Waals surface area contributed by atoms with E-state index < -0.39 is 17.0 Å². The summed E-state index contributed by atoms with van der Waals surface area (Å²) in [4.78, 5) is 0. The van der Waals surface area contributed by atoms with Crippen LogP contribution in [0, 0.1) is 0 Å². The molecule has 4 aromatic carbocycles. The van der Waals surface area contributed by atoms with Crippen molar-refractivity contribution in [1.29, 1.82) is 0 Å². The van der Waals surface area contributed by atoms with Crippen LogP contribution in [0.3, 0.4) is 0 Å². The molecule has 5 atom stereocenters. The van der Waals surface area contributed by atoms with E-state index in [0.717, 1.165) is 66.6 Å². The lowest BCUT2D eigenvalue weighted by atomic mass is 9.93. The summed E-state index contributed by atoms with van der Waals surface area (Å²) in [5, 5.41) is 0. The summed E-state index contributed by atoms with van der Waals surface area (Å²) in [6.07, 6.45) is 5.89. The molecule has 0 spiro atoms. The molecule has 0 aliphatic heterocycles. The van der Waals surface area contributed by atoms with Crippen LogP contribution in [-0.2, 0) is 24.9 Å². The lowest BCUT2D eigenvalue weighted by Gasteiger charge is -2.23. The Kier molecular flexibility index (Phi) is 21.4. The fraction of sp³-hybridized carbons (Fsp3) is 0.500. The van der Waals surface area contributed by atoms with E-state index in [0.29, 0.717) is 63.3 Å². The van der Waals surface area contributed by atoms with Crippen LogP contribution in [0.15, 0.2) is 97.1 Å². The van der Waals surface area contributed by atoms with Gasteiger partial charge in [-0.3, -0.25) is 4.52 Å². The lowest BCUT2D eigenvalue weighted by Crippen LogP contribution is -2.13. The Morgan fingerprint density at radius 1 is 0.421 bits per heavy atom. The van der Waals surface area contributed by atoms with Crippen LogP contribution in [0.4, 0.5) is 0 Å². The van der Waals surface area contributed by atoms with E-state index in [1.54, 1.807) is 0 Å². The number of hydrogen-bond donors (Lipinski definition) is 0. The van der Waals surface area contributed by atoms with Gasteiger partial charge in [0, 0.05) is 6.16 Å². The molecule has 9 heteroatoms. The Balaban J connectivity index is 1.27. The third-order valence-corrected chi connectivity index (χ3v) is 13.3. The van der Waals surface area contributed by atoms with Crippen molar-refractivity contribution in [3.05, 3.63) is 125 Å². The molecule has 0 fully saturated rings. The fourth-order valence-electron chi connectivity index (χ4n) is 6.42. The van der Waals surface area contributed by atoms with Crippen LogP contribution in [0.2, 0.25) is 0 Å². The zero-order valence-corrected chi connectivity index (χ0v) is 37.6. The molecule has 57 heavy (non-hydrogen) atoms. The molecule has 0 saturated heterocycles. The highest BCUT2D eigenvalue weighted by molar-refractivity contribution is 7.47. The van der Waals surface area contributed by atoms with Crippen molar-refractivity contribution >= 4 is 17.0 Å². The second-order valence-electron chi connectivity index (χ2n) is 14.7. The number of ether oxygens (including phenoxy) is 2. The summed E-state index contributed by atoms with van der Waals surface area (Å²) in [5.41, 5.74) is 6.31. The summed E-state index contributed by atoms with van der Waals surface area (Å²) in [6, 6.07) is 33.5. The number of rotatable bonds is 28. The Morgan fingerprint density at radius 3 is 1.26 bits per heavy atom. The highest BCUT2D eigenvalue weighted by Gasteiger charge is 2.23. The standard InChI is InChI=1S/C48H68O7P2/c1-9-37(5)42-22-14-13-21-41(42)29-36-56(53-46-26-18-15-23-43(46)38(6)10-2)51-34-32-49-30-31-50-33-35-52-57(54-47-27-19-16-24-44(47)39(7)11-3)55-48-28-20-17-25-45(48)40(8)12-4/h13-28,37-40H,9-12,29-36H2,1-8H3. The van der Waals surface area contributed by atoms with Gasteiger partial charge < -0.3 is 27.6 Å². The van der Waals surface area contributed by atoms with E-state index in [9.17, 15) is 0 Å². The molecular formula is C48H68O7P2. The highest BCUT2D eigenvalue weighted by Crippen LogP contribution is 2.46. The number of aryl methyl sites for hydroxylation is 1. The third kappa shape index (κ3) is 15.3. The summed E-state index contributed by atoms with van der Waals surface area (Å²) < 4.78 is 44.1. The predicted octanol–water partition coefficient (Wildman–Crippen LogP) is 14.1. The monoisotopic (exact) mass is 818 g/mol. The summed E-state index contributed by atoms with van der Waals surface area (Å²) in [7, 11) is -2.91. The first-order chi connectivity index (χ1) is 27.8. The molecule has 0 bridgehead atoms. The van der Waals surface area contributed by atoms with Crippen molar-refractivity contribution < 1.29 is 32.1 Å². The topological polar surface area (TPSA) is 64.6 Å². The van der Waals surface area contributed by atoms with Gasteiger partial charge in [-0.15, -0.1) is 0 Å². The third-order valence-electron chi connectivity index (χ3n) is 10.8. The van der Waals surface area contributed by atoms with Gasteiger partial charge >= 0.3 is 8.60 Å². The molecule has 0 aromatic heterocycles. The molecule has 4 aromatic rings. The summed E-state index contributed by atoms with van der Waals surface area (Å²) >= 11 is 0. The minimum atomic E-state index is -1.73. The zero-order chi connectivity index (χ0) is 40.8. The zero-order valence-electron chi connectivity index (χ0n) is 35.8. The van der Waals surface area contributed by atoms with Crippen molar-refractivity contribution in [2.24, 2.45) is 0 Å². The molecule has 0 aliphatic carbocycles. The van der Waals surface area contributed by atoms with Crippen LogP contribution in [0.5, 0.6) is 17.2 Å². The Morgan fingerprint density at radius 2 is 0.789 bits per heavy atom. The molecule has 0 N–H and O–H groups in total. The summed E-state index contributed by atoms with van der Waals surface area (Å²) in [6.45, 7) is 20.3. The molecule has 0 heterocycles. The van der Waals surface area contributed by atoms with Crippen molar-refractivity contribution in [1.82, 2.24) is 0 Å². The second-order valence-corrected chi connectivity index (χ2v) is 17.4. The van der Waals surface area contributed by atoms with E-state index in [-0.39, 0.29) is 0 Å². The van der Waals surface area contributed by atoms with Crippen LogP contribution in [0.1, 0.15) is 133 Å².